The molecule has 2 heterocycles. The van der Waals surface area contributed by atoms with E-state index in [1.165, 1.54) is 0 Å². The molecule has 3 rings (SSSR count). The SMILES string of the molecule is Cc1ccccc1C(O)CNC1CCN(Cc2ccccn2)CC1C. The van der Waals surface area contributed by atoms with Crippen LogP contribution in [0.4, 0.5) is 0 Å². The van der Waals surface area contributed by atoms with Gasteiger partial charge in [-0.25, -0.2) is 0 Å². The molecule has 2 N–H and O–H groups in total. The molecule has 134 valence electrons. The summed E-state index contributed by atoms with van der Waals surface area (Å²) in [5.74, 6) is 0.557. The van der Waals surface area contributed by atoms with Crippen molar-refractivity contribution in [3.63, 3.8) is 0 Å². The van der Waals surface area contributed by atoms with Crippen molar-refractivity contribution >= 4 is 0 Å². The molecule has 3 unspecified atom stereocenters. The Morgan fingerprint density at radius 2 is 2.04 bits per heavy atom. The third-order valence-electron chi connectivity index (χ3n) is 5.22. The van der Waals surface area contributed by atoms with Crippen LogP contribution in [0.25, 0.3) is 0 Å². The highest BCUT2D eigenvalue weighted by Gasteiger charge is 2.26. The third kappa shape index (κ3) is 4.88. The minimum Gasteiger partial charge on any atom is -0.387 e. The van der Waals surface area contributed by atoms with Crippen LogP contribution in [-0.2, 0) is 6.54 Å². The maximum absolute atomic E-state index is 10.5. The first-order valence-electron chi connectivity index (χ1n) is 9.22. The van der Waals surface area contributed by atoms with Gasteiger partial charge < -0.3 is 10.4 Å². The molecule has 25 heavy (non-hydrogen) atoms. The lowest BCUT2D eigenvalue weighted by Crippen LogP contribution is -2.48. The summed E-state index contributed by atoms with van der Waals surface area (Å²) in [4.78, 5) is 6.90. The summed E-state index contributed by atoms with van der Waals surface area (Å²) in [6.45, 7) is 8.01. The van der Waals surface area contributed by atoms with Crippen LogP contribution in [0.2, 0.25) is 0 Å². The number of aliphatic hydroxyl groups excluding tert-OH is 1. The fourth-order valence-corrected chi connectivity index (χ4v) is 3.73. The number of pyridine rings is 1. The zero-order chi connectivity index (χ0) is 17.6. The number of nitrogens with zero attached hydrogens (tertiary/aromatic N) is 2. The van der Waals surface area contributed by atoms with E-state index in [4.69, 9.17) is 0 Å². The zero-order valence-electron chi connectivity index (χ0n) is 15.2. The summed E-state index contributed by atoms with van der Waals surface area (Å²) in [5.41, 5.74) is 3.31. The molecule has 1 aliphatic heterocycles. The molecule has 1 aromatic carbocycles. The second kappa shape index (κ2) is 8.56. The minimum absolute atomic E-state index is 0.444. The molecular weight excluding hydrogens is 310 g/mol. The summed E-state index contributed by atoms with van der Waals surface area (Å²) in [7, 11) is 0. The fourth-order valence-electron chi connectivity index (χ4n) is 3.73. The largest absolute Gasteiger partial charge is 0.387 e. The van der Waals surface area contributed by atoms with Crippen molar-refractivity contribution in [1.29, 1.82) is 0 Å². The number of hydrogen-bond acceptors (Lipinski definition) is 4. The Hall–Kier alpha value is -1.75. The average molecular weight is 339 g/mol. The lowest BCUT2D eigenvalue weighted by molar-refractivity contribution is 0.119. The standard InChI is InChI=1S/C21H29N3O/c1-16-7-3-4-9-19(16)21(25)13-23-20-10-12-24(14-17(20)2)15-18-8-5-6-11-22-18/h3-9,11,17,20-21,23,25H,10,12-15H2,1-2H3. The van der Waals surface area contributed by atoms with Gasteiger partial charge in [-0.2, -0.15) is 0 Å². The first-order valence-corrected chi connectivity index (χ1v) is 9.22. The monoisotopic (exact) mass is 339 g/mol. The molecule has 0 amide bonds. The highest BCUT2D eigenvalue weighted by molar-refractivity contribution is 5.27. The van der Waals surface area contributed by atoms with E-state index >= 15 is 0 Å². The second-order valence-electron chi connectivity index (χ2n) is 7.21. The van der Waals surface area contributed by atoms with E-state index in [1.807, 2.05) is 36.5 Å². The molecule has 1 fully saturated rings. The first-order chi connectivity index (χ1) is 12.1. The van der Waals surface area contributed by atoms with Crippen LogP contribution in [0.5, 0.6) is 0 Å². The topological polar surface area (TPSA) is 48.4 Å². The molecule has 0 spiro atoms. The molecule has 1 aliphatic rings. The molecule has 0 saturated carbocycles. The molecule has 4 heteroatoms. The van der Waals surface area contributed by atoms with Gasteiger partial charge >= 0.3 is 0 Å². The van der Waals surface area contributed by atoms with Gasteiger partial charge in [-0.1, -0.05) is 37.3 Å². The summed E-state index contributed by atoms with van der Waals surface area (Å²) in [6, 6.07) is 14.6. The Labute approximate surface area is 150 Å². The van der Waals surface area contributed by atoms with Crippen molar-refractivity contribution in [2.45, 2.75) is 39.0 Å². The Morgan fingerprint density at radius 3 is 2.76 bits per heavy atom. The van der Waals surface area contributed by atoms with E-state index < -0.39 is 6.10 Å². The van der Waals surface area contributed by atoms with E-state index in [0.717, 1.165) is 42.9 Å². The Morgan fingerprint density at radius 1 is 1.24 bits per heavy atom. The van der Waals surface area contributed by atoms with Gasteiger partial charge in [0.25, 0.3) is 0 Å². The number of benzene rings is 1. The average Bonchev–Trinajstić information content (AvgIpc) is 2.62. The van der Waals surface area contributed by atoms with Crippen molar-refractivity contribution < 1.29 is 5.11 Å². The van der Waals surface area contributed by atoms with Crippen molar-refractivity contribution in [3.05, 3.63) is 65.5 Å². The lowest BCUT2D eigenvalue weighted by atomic mass is 9.93. The Balaban J connectivity index is 1.48. The molecule has 3 atom stereocenters. The number of aliphatic hydroxyl groups is 1. The molecule has 0 aliphatic carbocycles. The van der Waals surface area contributed by atoms with E-state index in [9.17, 15) is 5.11 Å². The van der Waals surface area contributed by atoms with Gasteiger partial charge in [0.2, 0.25) is 0 Å². The van der Waals surface area contributed by atoms with Gasteiger partial charge in [-0.15, -0.1) is 0 Å². The molecular formula is C21H29N3O. The summed E-state index contributed by atoms with van der Waals surface area (Å²) in [6.07, 6.45) is 2.52. The van der Waals surface area contributed by atoms with Crippen LogP contribution in [0.1, 0.15) is 36.3 Å². The van der Waals surface area contributed by atoms with E-state index in [2.05, 4.69) is 41.2 Å². The molecule has 1 aromatic heterocycles. The van der Waals surface area contributed by atoms with Gasteiger partial charge in [0.05, 0.1) is 11.8 Å². The number of likely N-dealkylation sites (tertiary alicyclic amines) is 1. The lowest BCUT2D eigenvalue weighted by Gasteiger charge is -2.37. The smallest absolute Gasteiger partial charge is 0.0917 e. The number of aromatic nitrogens is 1. The summed E-state index contributed by atoms with van der Waals surface area (Å²) in [5, 5.41) is 14.1. The molecule has 0 bridgehead atoms. The van der Waals surface area contributed by atoms with E-state index in [1.54, 1.807) is 0 Å². The maximum atomic E-state index is 10.5. The predicted molar refractivity (Wildman–Crippen MR) is 101 cm³/mol. The number of nitrogens with one attached hydrogen (secondary N) is 1. The minimum atomic E-state index is -0.444. The number of piperidine rings is 1. The van der Waals surface area contributed by atoms with E-state index in [-0.39, 0.29) is 0 Å². The normalized spacial score (nSPS) is 22.7. The highest BCUT2D eigenvalue weighted by atomic mass is 16.3. The van der Waals surface area contributed by atoms with Crippen LogP contribution in [-0.4, -0.2) is 40.7 Å². The Bertz CT molecular complexity index is 661. The highest BCUT2D eigenvalue weighted by Crippen LogP contribution is 2.21. The summed E-state index contributed by atoms with van der Waals surface area (Å²) < 4.78 is 0. The number of rotatable bonds is 6. The number of aryl methyl sites for hydroxylation is 1. The Kier molecular flexibility index (Phi) is 6.19. The molecule has 1 saturated heterocycles. The number of hydrogen-bond donors (Lipinski definition) is 2. The molecule has 0 radical (unpaired) electrons. The fraction of sp³-hybridized carbons (Fsp3) is 0.476. The second-order valence-corrected chi connectivity index (χ2v) is 7.21. The van der Waals surface area contributed by atoms with Gasteiger partial charge in [-0.3, -0.25) is 9.88 Å². The van der Waals surface area contributed by atoms with Crippen LogP contribution in [0, 0.1) is 12.8 Å². The van der Waals surface area contributed by atoms with Crippen molar-refractivity contribution in [2.75, 3.05) is 19.6 Å². The van der Waals surface area contributed by atoms with E-state index in [0.29, 0.717) is 18.5 Å². The van der Waals surface area contributed by atoms with Crippen molar-refractivity contribution in [1.82, 2.24) is 15.2 Å². The third-order valence-corrected chi connectivity index (χ3v) is 5.22. The van der Waals surface area contributed by atoms with Gasteiger partial charge in [0, 0.05) is 38.4 Å². The van der Waals surface area contributed by atoms with Gasteiger partial charge in [0.1, 0.15) is 0 Å². The first kappa shape index (κ1) is 18.1. The molecule has 2 aromatic rings. The van der Waals surface area contributed by atoms with Crippen LogP contribution < -0.4 is 5.32 Å². The van der Waals surface area contributed by atoms with Crippen LogP contribution in [0.15, 0.2) is 48.7 Å². The van der Waals surface area contributed by atoms with Crippen molar-refractivity contribution in [2.24, 2.45) is 5.92 Å². The zero-order valence-corrected chi connectivity index (χ0v) is 15.2. The predicted octanol–water partition coefficient (Wildman–Crippen LogP) is 2.92. The summed E-state index contributed by atoms with van der Waals surface area (Å²) >= 11 is 0. The maximum Gasteiger partial charge on any atom is 0.0917 e. The van der Waals surface area contributed by atoms with Gasteiger partial charge in [-0.05, 0) is 42.5 Å². The van der Waals surface area contributed by atoms with Crippen LogP contribution >= 0.6 is 0 Å². The van der Waals surface area contributed by atoms with Crippen molar-refractivity contribution in [3.8, 4) is 0 Å². The molecule has 4 nitrogen and oxygen atoms in total. The quantitative estimate of drug-likeness (QED) is 0.850. The van der Waals surface area contributed by atoms with Crippen LogP contribution in [0.3, 0.4) is 0 Å². The van der Waals surface area contributed by atoms with Gasteiger partial charge in [0.15, 0.2) is 0 Å².